The molecule has 2 atom stereocenters. The Kier molecular flexibility index (Phi) is 3.02. The van der Waals surface area contributed by atoms with Crippen LogP contribution in [0.15, 0.2) is 12.4 Å². The highest BCUT2D eigenvalue weighted by molar-refractivity contribution is 5.88. The molecule has 4 rings (SSSR count). The molecule has 0 spiro atoms. The summed E-state index contributed by atoms with van der Waals surface area (Å²) in [4.78, 5) is 19.2. The van der Waals surface area contributed by atoms with Gasteiger partial charge in [-0.2, -0.15) is 0 Å². The molecule has 0 bridgehead atoms. The van der Waals surface area contributed by atoms with Gasteiger partial charge in [-0.25, -0.2) is 14.8 Å². The Morgan fingerprint density at radius 3 is 2.11 bits per heavy atom. The van der Waals surface area contributed by atoms with E-state index < -0.39 is 0 Å². The van der Waals surface area contributed by atoms with Crippen LogP contribution < -0.4 is 0 Å². The topological polar surface area (TPSA) is 52.1 Å². The van der Waals surface area contributed by atoms with Gasteiger partial charge in [0, 0.05) is 18.3 Å². The van der Waals surface area contributed by atoms with E-state index in [-0.39, 0.29) is 5.97 Å². The van der Waals surface area contributed by atoms with Crippen molar-refractivity contribution in [1.82, 2.24) is 9.97 Å². The predicted molar refractivity (Wildman–Crippen MR) is 66.2 cm³/mol. The third kappa shape index (κ3) is 2.52. The molecule has 3 aliphatic rings. The Morgan fingerprint density at radius 1 is 1.17 bits per heavy atom. The molecular weight excluding hydrogens is 228 g/mol. The van der Waals surface area contributed by atoms with E-state index in [1.165, 1.54) is 31.3 Å². The Hall–Kier alpha value is -1.45. The summed E-state index contributed by atoms with van der Waals surface area (Å²) in [6.45, 7) is 0. The fourth-order valence-corrected chi connectivity index (χ4v) is 2.30. The highest BCUT2D eigenvalue weighted by atomic mass is 16.5. The van der Waals surface area contributed by atoms with E-state index in [9.17, 15) is 4.79 Å². The lowest BCUT2D eigenvalue weighted by atomic mass is 10.0. The van der Waals surface area contributed by atoms with Crippen LogP contribution >= 0.6 is 0 Å². The molecular formula is C14H18N2O2. The van der Waals surface area contributed by atoms with Crippen molar-refractivity contribution in [3.05, 3.63) is 23.8 Å². The van der Waals surface area contributed by atoms with Gasteiger partial charge in [0.1, 0.15) is 5.82 Å². The quantitative estimate of drug-likeness (QED) is 0.752. The maximum Gasteiger partial charge on any atom is 0.341 e. The molecule has 1 aromatic heterocycles. The van der Waals surface area contributed by atoms with E-state index in [0.29, 0.717) is 11.5 Å². The van der Waals surface area contributed by atoms with E-state index in [2.05, 4.69) is 14.7 Å². The van der Waals surface area contributed by atoms with Gasteiger partial charge in [-0.3, -0.25) is 0 Å². The molecule has 18 heavy (non-hydrogen) atoms. The number of fused-ring (bicyclic) bond motifs is 1. The van der Waals surface area contributed by atoms with E-state index in [0.717, 1.165) is 18.7 Å². The highest BCUT2D eigenvalue weighted by Gasteiger charge is 2.44. The zero-order valence-electron chi connectivity index (χ0n) is 10.6. The van der Waals surface area contributed by atoms with Gasteiger partial charge in [-0.15, -0.1) is 0 Å². The second kappa shape index (κ2) is 4.67. The largest absolute Gasteiger partial charge is 0.465 e. The fourth-order valence-electron chi connectivity index (χ4n) is 2.30. The summed E-state index contributed by atoms with van der Waals surface area (Å²) in [5, 5.41) is 0. The number of rotatable bonds is 2. The molecule has 4 nitrogen and oxygen atoms in total. The van der Waals surface area contributed by atoms with Crippen molar-refractivity contribution in [3.8, 4) is 0 Å². The third-order valence-electron chi connectivity index (χ3n) is 4.01. The van der Waals surface area contributed by atoms with Gasteiger partial charge in [0.15, 0.2) is 0 Å². The lowest BCUT2D eigenvalue weighted by molar-refractivity contribution is 0.0599. The van der Waals surface area contributed by atoms with Gasteiger partial charge in [0.05, 0.1) is 12.7 Å². The Balaban J connectivity index is 0.000000163. The fraction of sp³-hybridized carbons (Fsp3) is 0.643. The van der Waals surface area contributed by atoms with E-state index in [1.807, 2.05) is 0 Å². The van der Waals surface area contributed by atoms with Gasteiger partial charge in [0.25, 0.3) is 0 Å². The minimum Gasteiger partial charge on any atom is -0.465 e. The van der Waals surface area contributed by atoms with E-state index >= 15 is 0 Å². The van der Waals surface area contributed by atoms with Crippen molar-refractivity contribution < 1.29 is 9.53 Å². The average molecular weight is 246 g/mol. The molecule has 4 heteroatoms. The first kappa shape index (κ1) is 11.6. The van der Waals surface area contributed by atoms with Gasteiger partial charge in [-0.1, -0.05) is 0 Å². The molecule has 2 unspecified atom stereocenters. The Bertz CT molecular complexity index is 428. The minimum atomic E-state index is -0.387. The molecule has 1 aromatic rings. The minimum absolute atomic E-state index is 0.387. The van der Waals surface area contributed by atoms with Crippen molar-refractivity contribution in [1.29, 1.82) is 0 Å². The highest BCUT2D eigenvalue weighted by Crippen LogP contribution is 2.55. The monoisotopic (exact) mass is 246 g/mol. The van der Waals surface area contributed by atoms with Crippen LogP contribution in [0.2, 0.25) is 0 Å². The van der Waals surface area contributed by atoms with Gasteiger partial charge in [-0.05, 0) is 43.9 Å². The molecule has 3 saturated carbocycles. The zero-order valence-corrected chi connectivity index (χ0v) is 10.6. The number of ether oxygens (including phenoxy) is 1. The number of aromatic nitrogens is 2. The first-order valence-electron chi connectivity index (χ1n) is 6.68. The molecule has 0 radical (unpaired) electrons. The molecule has 96 valence electrons. The Labute approximate surface area is 107 Å². The van der Waals surface area contributed by atoms with Crippen LogP contribution in [0.4, 0.5) is 0 Å². The number of hydrogen-bond donors (Lipinski definition) is 0. The lowest BCUT2D eigenvalue weighted by Crippen LogP contribution is -2.04. The molecule has 1 heterocycles. The molecule has 0 aromatic carbocycles. The molecule has 0 saturated heterocycles. The van der Waals surface area contributed by atoms with Crippen molar-refractivity contribution in [2.24, 2.45) is 11.8 Å². The first-order valence-corrected chi connectivity index (χ1v) is 6.68. The van der Waals surface area contributed by atoms with Gasteiger partial charge in [0.2, 0.25) is 0 Å². The summed E-state index contributed by atoms with van der Waals surface area (Å²) in [6, 6.07) is 0. The van der Waals surface area contributed by atoms with Crippen LogP contribution in [0.1, 0.15) is 54.2 Å². The first-order chi connectivity index (χ1) is 8.78. The number of esters is 1. The molecule has 0 amide bonds. The molecule has 3 fully saturated rings. The molecule has 3 aliphatic carbocycles. The van der Waals surface area contributed by atoms with E-state index in [1.54, 1.807) is 19.3 Å². The maximum absolute atomic E-state index is 11.0. The van der Waals surface area contributed by atoms with Gasteiger partial charge < -0.3 is 4.74 Å². The van der Waals surface area contributed by atoms with Crippen LogP contribution in [-0.4, -0.2) is 23.0 Å². The summed E-state index contributed by atoms with van der Waals surface area (Å²) < 4.78 is 4.53. The summed E-state index contributed by atoms with van der Waals surface area (Å²) >= 11 is 0. The number of carbonyl (C=O) groups excluding carboxylic acids is 1. The van der Waals surface area contributed by atoms with Crippen LogP contribution in [0.25, 0.3) is 0 Å². The normalized spacial score (nSPS) is 27.2. The van der Waals surface area contributed by atoms with Crippen molar-refractivity contribution >= 4 is 5.97 Å². The van der Waals surface area contributed by atoms with Crippen molar-refractivity contribution in [2.75, 3.05) is 7.11 Å². The predicted octanol–water partition coefficient (Wildman–Crippen LogP) is 2.56. The van der Waals surface area contributed by atoms with Crippen molar-refractivity contribution in [3.63, 3.8) is 0 Å². The summed E-state index contributed by atoms with van der Waals surface area (Å²) in [7, 11) is 1.34. The maximum atomic E-state index is 11.0. The third-order valence-corrected chi connectivity index (χ3v) is 4.01. The molecule has 0 aliphatic heterocycles. The summed E-state index contributed by atoms with van der Waals surface area (Å²) in [6.07, 6.45) is 10.1. The number of methoxy groups -OCH3 is 1. The Morgan fingerprint density at radius 2 is 1.78 bits per heavy atom. The standard InChI is InChI=1S/C9H10N2O2.C5H8/c1-13-9(12)7-4-10-8(11-5-7)6-2-3-6;1-2-5-3-4(1)5/h4-6H,2-3H2,1H3;4-5H,1-3H2. The zero-order chi connectivity index (χ0) is 12.5. The number of carbonyl (C=O) groups is 1. The smallest absolute Gasteiger partial charge is 0.341 e. The summed E-state index contributed by atoms with van der Waals surface area (Å²) in [5.41, 5.74) is 0.409. The van der Waals surface area contributed by atoms with Crippen LogP contribution in [0.3, 0.4) is 0 Å². The van der Waals surface area contributed by atoms with Crippen LogP contribution in [0.5, 0.6) is 0 Å². The SMILES string of the molecule is C1CC2CC12.COC(=O)c1cnc(C2CC2)nc1. The van der Waals surface area contributed by atoms with Crippen LogP contribution in [0, 0.1) is 11.8 Å². The lowest BCUT2D eigenvalue weighted by Gasteiger charge is -2.04. The second-order valence-corrected chi connectivity index (χ2v) is 5.43. The van der Waals surface area contributed by atoms with Crippen LogP contribution in [-0.2, 0) is 4.74 Å². The number of nitrogens with zero attached hydrogens (tertiary/aromatic N) is 2. The average Bonchev–Trinajstić information content (AvgIpc) is 3.29. The molecule has 0 N–H and O–H groups in total. The second-order valence-electron chi connectivity index (χ2n) is 5.43. The summed E-state index contributed by atoms with van der Waals surface area (Å²) in [5.74, 6) is 3.44. The van der Waals surface area contributed by atoms with E-state index in [4.69, 9.17) is 0 Å². The van der Waals surface area contributed by atoms with Crippen molar-refractivity contribution in [2.45, 2.75) is 38.0 Å². The van der Waals surface area contributed by atoms with Gasteiger partial charge >= 0.3 is 5.97 Å². The number of hydrogen-bond acceptors (Lipinski definition) is 4.